The summed E-state index contributed by atoms with van der Waals surface area (Å²) in [7, 11) is 3.37. The first-order valence-electron chi connectivity index (χ1n) is 10.3. The fraction of sp³-hybridized carbons (Fsp3) is 0.609. The van der Waals surface area contributed by atoms with Crippen LogP contribution in [0.1, 0.15) is 42.4 Å². The monoisotopic (exact) mass is 367 g/mol. The summed E-state index contributed by atoms with van der Waals surface area (Å²) in [5, 5.41) is 0. The van der Waals surface area contributed by atoms with Crippen LogP contribution in [0.25, 0.3) is 0 Å². The van der Waals surface area contributed by atoms with Crippen molar-refractivity contribution in [1.82, 2.24) is 4.90 Å². The highest BCUT2D eigenvalue weighted by Crippen LogP contribution is 2.56. The largest absolute Gasteiger partial charge is 0.496 e. The zero-order chi connectivity index (χ0) is 18.8. The minimum absolute atomic E-state index is 0.101. The number of ether oxygens (including phenoxy) is 2. The summed E-state index contributed by atoms with van der Waals surface area (Å²) >= 11 is 0. The molecular weight excluding hydrogens is 338 g/mol. The molecule has 3 atom stereocenters. The van der Waals surface area contributed by atoms with E-state index in [-0.39, 0.29) is 11.2 Å². The average Bonchev–Trinajstić information content (AvgIpc) is 3.47. The average molecular weight is 367 g/mol. The van der Waals surface area contributed by atoms with Gasteiger partial charge in [-0.25, -0.2) is 0 Å². The number of allylic oxidation sites excluding steroid dienone is 1. The number of hydrogen-bond donors (Lipinski definition) is 0. The number of methoxy groups -OCH3 is 2. The molecule has 0 spiro atoms. The molecule has 1 saturated carbocycles. The molecule has 1 unspecified atom stereocenters. The first-order valence-corrected chi connectivity index (χ1v) is 10.3. The number of carbonyl (C=O) groups excluding carboxylic acids is 1. The van der Waals surface area contributed by atoms with Gasteiger partial charge in [0, 0.05) is 30.3 Å². The van der Waals surface area contributed by atoms with Crippen molar-refractivity contribution in [2.24, 2.45) is 11.8 Å². The second kappa shape index (κ2) is 6.10. The second-order valence-electron chi connectivity index (χ2n) is 8.90. The summed E-state index contributed by atoms with van der Waals surface area (Å²) in [4.78, 5) is 15.6. The van der Waals surface area contributed by atoms with Gasteiger partial charge in [-0.1, -0.05) is 6.07 Å². The van der Waals surface area contributed by atoms with E-state index in [1.807, 2.05) is 0 Å². The molecule has 3 aliphatic carbocycles. The van der Waals surface area contributed by atoms with Gasteiger partial charge in [-0.05, 0) is 73.9 Å². The summed E-state index contributed by atoms with van der Waals surface area (Å²) in [6.07, 6.45) is 7.58. The highest BCUT2D eigenvalue weighted by Gasteiger charge is 2.56. The Hall–Kier alpha value is -1.81. The van der Waals surface area contributed by atoms with Crippen LogP contribution in [-0.4, -0.2) is 44.0 Å². The molecule has 0 N–H and O–H groups in total. The van der Waals surface area contributed by atoms with Crippen LogP contribution in [0.15, 0.2) is 24.0 Å². The second-order valence-corrected chi connectivity index (χ2v) is 8.90. The quantitative estimate of drug-likeness (QED) is 0.818. The number of carbonyl (C=O) groups is 1. The SMILES string of the molecule is COC1=CC2[C@@H]3Cc4ccc(OC)c(C)c4[C@]2(CCN3CC2CC2)CC1=O. The molecule has 144 valence electrons. The zero-order valence-corrected chi connectivity index (χ0v) is 16.6. The van der Waals surface area contributed by atoms with Gasteiger partial charge in [0.2, 0.25) is 0 Å². The van der Waals surface area contributed by atoms with Gasteiger partial charge in [0.1, 0.15) is 5.75 Å². The van der Waals surface area contributed by atoms with Crippen molar-refractivity contribution in [3.63, 3.8) is 0 Å². The molecule has 0 radical (unpaired) electrons. The van der Waals surface area contributed by atoms with Gasteiger partial charge in [0.15, 0.2) is 11.5 Å². The summed E-state index contributed by atoms with van der Waals surface area (Å²) in [5.41, 5.74) is 3.91. The fourth-order valence-corrected chi connectivity index (χ4v) is 6.11. The molecule has 1 aliphatic heterocycles. The minimum atomic E-state index is -0.101. The lowest BCUT2D eigenvalue weighted by molar-refractivity contribution is -0.123. The van der Waals surface area contributed by atoms with Crippen molar-refractivity contribution in [2.75, 3.05) is 27.3 Å². The van der Waals surface area contributed by atoms with Crippen molar-refractivity contribution in [2.45, 2.75) is 50.5 Å². The number of piperidine rings is 1. The van der Waals surface area contributed by atoms with Crippen LogP contribution < -0.4 is 4.74 Å². The van der Waals surface area contributed by atoms with Gasteiger partial charge in [0.25, 0.3) is 0 Å². The first-order chi connectivity index (χ1) is 13.1. The maximum atomic E-state index is 12.9. The lowest BCUT2D eigenvalue weighted by Crippen LogP contribution is -2.61. The molecule has 2 fully saturated rings. The van der Waals surface area contributed by atoms with Gasteiger partial charge >= 0.3 is 0 Å². The lowest BCUT2D eigenvalue weighted by Gasteiger charge is -2.58. The molecule has 4 nitrogen and oxygen atoms in total. The topological polar surface area (TPSA) is 38.8 Å². The molecule has 4 aliphatic rings. The number of hydrogen-bond acceptors (Lipinski definition) is 4. The molecule has 4 heteroatoms. The number of ketones is 1. The lowest BCUT2D eigenvalue weighted by atomic mass is 9.53. The van der Waals surface area contributed by atoms with Gasteiger partial charge in [-0.2, -0.15) is 0 Å². The molecule has 1 aromatic carbocycles. The zero-order valence-electron chi connectivity index (χ0n) is 16.6. The minimum Gasteiger partial charge on any atom is -0.496 e. The standard InChI is InChI=1S/C23H29NO3/c1-14-20(26-2)7-6-16-10-18-17-11-21(27-3)19(25)12-23(17,22(14)16)8-9-24(18)13-15-4-5-15/h6-7,11,15,17-18H,4-5,8-10,12-13H2,1-3H3/t17?,18-,23+/m0/s1. The van der Waals surface area contributed by atoms with E-state index < -0.39 is 0 Å². The maximum Gasteiger partial charge on any atom is 0.197 e. The highest BCUT2D eigenvalue weighted by atomic mass is 16.5. The van der Waals surface area contributed by atoms with E-state index in [2.05, 4.69) is 30.0 Å². The van der Waals surface area contributed by atoms with E-state index in [1.54, 1.807) is 14.2 Å². The van der Waals surface area contributed by atoms with Crippen LogP contribution in [-0.2, 0) is 21.4 Å². The predicted octanol–water partition coefficient (Wildman–Crippen LogP) is 3.40. The van der Waals surface area contributed by atoms with Crippen LogP contribution in [0.4, 0.5) is 0 Å². The van der Waals surface area contributed by atoms with Gasteiger partial charge < -0.3 is 9.47 Å². The number of rotatable bonds is 4. The molecule has 1 heterocycles. The van der Waals surface area contributed by atoms with Crippen molar-refractivity contribution < 1.29 is 14.3 Å². The smallest absolute Gasteiger partial charge is 0.197 e. The molecule has 27 heavy (non-hydrogen) atoms. The third-order valence-corrected chi connectivity index (χ3v) is 7.51. The Morgan fingerprint density at radius 2 is 2.04 bits per heavy atom. The molecule has 2 bridgehead atoms. The van der Waals surface area contributed by atoms with Gasteiger partial charge in [-0.3, -0.25) is 9.69 Å². The number of benzene rings is 1. The Morgan fingerprint density at radius 3 is 2.74 bits per heavy atom. The third-order valence-electron chi connectivity index (χ3n) is 7.51. The molecule has 0 amide bonds. The number of Topliss-reactive ketones (excluding diaryl/α,β-unsaturated/α-hetero) is 1. The predicted molar refractivity (Wildman–Crippen MR) is 104 cm³/mol. The molecule has 1 saturated heterocycles. The van der Waals surface area contributed by atoms with Crippen molar-refractivity contribution in [3.05, 3.63) is 40.7 Å². The third kappa shape index (κ3) is 2.49. The Balaban J connectivity index is 1.67. The van der Waals surface area contributed by atoms with E-state index in [9.17, 15) is 4.79 Å². The van der Waals surface area contributed by atoms with E-state index in [4.69, 9.17) is 9.47 Å². The van der Waals surface area contributed by atoms with E-state index in [1.165, 1.54) is 36.1 Å². The van der Waals surface area contributed by atoms with Crippen LogP contribution in [0.2, 0.25) is 0 Å². The summed E-state index contributed by atoms with van der Waals surface area (Å²) in [5.74, 6) is 2.88. The Kier molecular flexibility index (Phi) is 3.91. The first kappa shape index (κ1) is 17.3. The Bertz CT molecular complexity index is 825. The van der Waals surface area contributed by atoms with Gasteiger partial charge in [0.05, 0.1) is 14.2 Å². The van der Waals surface area contributed by atoms with Gasteiger partial charge in [-0.15, -0.1) is 0 Å². The van der Waals surface area contributed by atoms with Crippen molar-refractivity contribution >= 4 is 5.78 Å². The molecule has 0 aromatic heterocycles. The summed E-state index contributed by atoms with van der Waals surface area (Å²) in [6.45, 7) is 4.48. The molecular formula is C23H29NO3. The normalized spacial score (nSPS) is 32.4. The van der Waals surface area contributed by atoms with E-state index in [0.717, 1.165) is 31.1 Å². The molecule has 5 rings (SSSR count). The Morgan fingerprint density at radius 1 is 1.22 bits per heavy atom. The molecule has 1 aromatic rings. The van der Waals surface area contributed by atoms with Crippen molar-refractivity contribution in [3.8, 4) is 5.75 Å². The van der Waals surface area contributed by atoms with E-state index in [0.29, 0.717) is 24.1 Å². The Labute approximate surface area is 161 Å². The fourth-order valence-electron chi connectivity index (χ4n) is 6.11. The maximum absolute atomic E-state index is 12.9. The number of likely N-dealkylation sites (tertiary alicyclic amines) is 1. The van der Waals surface area contributed by atoms with Crippen LogP contribution in [0.3, 0.4) is 0 Å². The van der Waals surface area contributed by atoms with E-state index >= 15 is 0 Å². The number of nitrogens with zero attached hydrogens (tertiary/aromatic N) is 1. The van der Waals surface area contributed by atoms with Crippen LogP contribution >= 0.6 is 0 Å². The van der Waals surface area contributed by atoms with Crippen LogP contribution in [0.5, 0.6) is 5.75 Å². The van der Waals surface area contributed by atoms with Crippen LogP contribution in [0, 0.1) is 18.8 Å². The highest BCUT2D eigenvalue weighted by molar-refractivity contribution is 5.96. The summed E-state index contributed by atoms with van der Waals surface area (Å²) in [6, 6.07) is 4.82. The number of fused-ring (bicyclic) bond motifs is 1. The summed E-state index contributed by atoms with van der Waals surface area (Å²) < 4.78 is 11.1. The van der Waals surface area contributed by atoms with Crippen molar-refractivity contribution in [1.29, 1.82) is 0 Å².